The Hall–Kier alpha value is -2.60. The van der Waals surface area contributed by atoms with Crippen LogP contribution in [0.5, 0.6) is 0 Å². The van der Waals surface area contributed by atoms with E-state index in [4.69, 9.17) is 0 Å². The van der Waals surface area contributed by atoms with Crippen LogP contribution >= 0.6 is 11.3 Å². The number of nitrogens with one attached hydrogen (secondary N) is 1. The van der Waals surface area contributed by atoms with E-state index in [1.807, 2.05) is 37.3 Å². The van der Waals surface area contributed by atoms with E-state index >= 15 is 0 Å². The third-order valence-corrected chi connectivity index (χ3v) is 4.76. The molecule has 3 rings (SSSR count). The fourth-order valence-corrected chi connectivity index (χ4v) is 3.30. The van der Waals surface area contributed by atoms with Gasteiger partial charge in [-0.2, -0.15) is 0 Å². The first-order valence-corrected chi connectivity index (χ1v) is 8.57. The molecule has 0 aliphatic rings. The molecule has 24 heavy (non-hydrogen) atoms. The van der Waals surface area contributed by atoms with Gasteiger partial charge in [0, 0.05) is 37.3 Å². The minimum atomic E-state index is -0.0852. The van der Waals surface area contributed by atoms with Crippen molar-refractivity contribution < 1.29 is 4.79 Å². The second-order valence-electron chi connectivity index (χ2n) is 5.39. The minimum absolute atomic E-state index is 0.0852. The first kappa shape index (κ1) is 16.3. The summed E-state index contributed by atoms with van der Waals surface area (Å²) < 4.78 is 0. The first-order chi connectivity index (χ1) is 11.7. The van der Waals surface area contributed by atoms with Gasteiger partial charge in [-0.1, -0.05) is 12.1 Å². The van der Waals surface area contributed by atoms with E-state index in [2.05, 4.69) is 20.3 Å². The lowest BCUT2D eigenvalue weighted by molar-refractivity contribution is 0.0954. The van der Waals surface area contributed by atoms with Crippen LogP contribution < -0.4 is 5.32 Å². The van der Waals surface area contributed by atoms with Gasteiger partial charge in [0.15, 0.2) is 0 Å². The highest BCUT2D eigenvalue weighted by atomic mass is 32.1. The molecule has 0 aromatic carbocycles. The van der Waals surface area contributed by atoms with Gasteiger partial charge in [-0.05, 0) is 37.1 Å². The average Bonchev–Trinajstić information content (AvgIpc) is 3.00. The van der Waals surface area contributed by atoms with Crippen LogP contribution in [0.4, 0.5) is 0 Å². The molecular weight excluding hydrogens is 320 g/mol. The summed E-state index contributed by atoms with van der Waals surface area (Å²) in [4.78, 5) is 25.9. The quantitative estimate of drug-likeness (QED) is 0.750. The molecule has 0 aliphatic heterocycles. The zero-order valence-corrected chi connectivity index (χ0v) is 14.2. The number of amides is 1. The number of rotatable bonds is 6. The maximum atomic E-state index is 12.4. The summed E-state index contributed by atoms with van der Waals surface area (Å²) in [5.41, 5.74) is 2.79. The summed E-state index contributed by atoms with van der Waals surface area (Å²) in [7, 11) is 0. The zero-order chi connectivity index (χ0) is 16.8. The molecule has 0 atom stereocenters. The summed E-state index contributed by atoms with van der Waals surface area (Å²) in [6, 6.07) is 9.68. The van der Waals surface area contributed by atoms with E-state index in [1.54, 1.807) is 18.6 Å². The molecule has 1 amide bonds. The minimum Gasteiger partial charge on any atom is -0.347 e. The van der Waals surface area contributed by atoms with Crippen molar-refractivity contribution in [2.75, 3.05) is 0 Å². The van der Waals surface area contributed by atoms with Crippen molar-refractivity contribution in [1.29, 1.82) is 0 Å². The van der Waals surface area contributed by atoms with Crippen LogP contribution in [0, 0.1) is 6.92 Å². The zero-order valence-electron chi connectivity index (χ0n) is 13.4. The summed E-state index contributed by atoms with van der Waals surface area (Å²) in [5.74, 6) is -0.0852. The number of hydrogen-bond acceptors (Lipinski definition) is 5. The van der Waals surface area contributed by atoms with Crippen molar-refractivity contribution in [3.8, 4) is 0 Å². The second kappa shape index (κ2) is 7.79. The predicted molar refractivity (Wildman–Crippen MR) is 93.9 cm³/mol. The Kier molecular flexibility index (Phi) is 5.28. The first-order valence-electron chi connectivity index (χ1n) is 7.75. The Labute approximate surface area is 144 Å². The molecule has 0 unspecified atom stereocenters. The van der Waals surface area contributed by atoms with Crippen LogP contribution in [0.3, 0.4) is 0 Å². The summed E-state index contributed by atoms with van der Waals surface area (Å²) in [6.07, 6.45) is 6.87. The smallest absolute Gasteiger partial charge is 0.263 e. The van der Waals surface area contributed by atoms with Gasteiger partial charge in [-0.3, -0.25) is 14.8 Å². The number of nitrogens with zero attached hydrogens (tertiary/aromatic N) is 3. The molecule has 5 nitrogen and oxygen atoms in total. The lowest BCUT2D eigenvalue weighted by Crippen LogP contribution is -2.22. The van der Waals surface area contributed by atoms with Crippen molar-refractivity contribution in [1.82, 2.24) is 20.3 Å². The number of carbonyl (C=O) groups is 1. The molecule has 3 aromatic heterocycles. The molecule has 3 aromatic rings. The number of hydrogen-bond donors (Lipinski definition) is 1. The van der Waals surface area contributed by atoms with Gasteiger partial charge in [-0.15, -0.1) is 11.3 Å². The van der Waals surface area contributed by atoms with Crippen LogP contribution in [0.15, 0.2) is 48.9 Å². The monoisotopic (exact) mass is 338 g/mol. The Morgan fingerprint density at radius 2 is 2.08 bits per heavy atom. The van der Waals surface area contributed by atoms with E-state index in [1.165, 1.54) is 11.3 Å². The molecule has 0 spiro atoms. The van der Waals surface area contributed by atoms with E-state index in [0.717, 1.165) is 34.8 Å². The fraction of sp³-hybridized carbons (Fsp3) is 0.222. The summed E-state index contributed by atoms with van der Waals surface area (Å²) in [5, 5.41) is 3.88. The third kappa shape index (κ3) is 4.23. The van der Waals surface area contributed by atoms with E-state index in [-0.39, 0.29) is 5.91 Å². The third-order valence-electron chi connectivity index (χ3n) is 3.54. The van der Waals surface area contributed by atoms with Gasteiger partial charge in [0.2, 0.25) is 0 Å². The van der Waals surface area contributed by atoms with Crippen molar-refractivity contribution in [2.24, 2.45) is 0 Å². The second-order valence-corrected chi connectivity index (χ2v) is 6.47. The van der Waals surface area contributed by atoms with Gasteiger partial charge in [0.05, 0.1) is 10.7 Å². The molecule has 0 saturated carbocycles. The molecule has 0 bridgehead atoms. The Morgan fingerprint density at radius 1 is 1.17 bits per heavy atom. The number of thiazole rings is 1. The SMILES string of the molecule is Cc1nc(CCc2ccccn2)sc1C(=O)NCc1cccnc1. The average molecular weight is 338 g/mol. The summed E-state index contributed by atoms with van der Waals surface area (Å²) >= 11 is 1.46. The van der Waals surface area contributed by atoms with Crippen molar-refractivity contribution in [3.05, 3.63) is 75.8 Å². The maximum absolute atomic E-state index is 12.4. The van der Waals surface area contributed by atoms with Crippen LogP contribution in [0.1, 0.15) is 31.6 Å². The van der Waals surface area contributed by atoms with Gasteiger partial charge in [0.25, 0.3) is 5.91 Å². The van der Waals surface area contributed by atoms with Crippen molar-refractivity contribution in [3.63, 3.8) is 0 Å². The molecular formula is C18H18N4OS. The van der Waals surface area contributed by atoms with Crippen LogP contribution in [0.2, 0.25) is 0 Å². The number of pyridine rings is 2. The normalized spacial score (nSPS) is 10.5. The molecule has 0 radical (unpaired) electrons. The Morgan fingerprint density at radius 3 is 2.83 bits per heavy atom. The molecule has 0 aliphatic carbocycles. The fourth-order valence-electron chi connectivity index (χ4n) is 2.32. The van der Waals surface area contributed by atoms with Crippen molar-refractivity contribution >= 4 is 17.2 Å². The van der Waals surface area contributed by atoms with Crippen LogP contribution in [-0.2, 0) is 19.4 Å². The van der Waals surface area contributed by atoms with Gasteiger partial charge in [-0.25, -0.2) is 4.98 Å². The maximum Gasteiger partial charge on any atom is 0.263 e. The molecule has 3 heterocycles. The predicted octanol–water partition coefficient (Wildman–Crippen LogP) is 2.96. The standard InChI is InChI=1S/C18H18N4OS/c1-13-17(18(23)21-12-14-5-4-9-19-11-14)24-16(22-13)8-7-15-6-2-3-10-20-15/h2-6,9-11H,7-8,12H2,1H3,(H,21,23). The summed E-state index contributed by atoms with van der Waals surface area (Å²) in [6.45, 7) is 2.34. The highest BCUT2D eigenvalue weighted by Crippen LogP contribution is 2.19. The number of aromatic nitrogens is 3. The molecule has 0 saturated heterocycles. The highest BCUT2D eigenvalue weighted by Gasteiger charge is 2.15. The lowest BCUT2D eigenvalue weighted by Gasteiger charge is -2.03. The molecule has 122 valence electrons. The Balaban J connectivity index is 1.59. The number of carbonyl (C=O) groups excluding carboxylic acids is 1. The lowest BCUT2D eigenvalue weighted by atomic mass is 10.2. The highest BCUT2D eigenvalue weighted by molar-refractivity contribution is 7.13. The molecule has 1 N–H and O–H groups in total. The molecule has 0 fully saturated rings. The van der Waals surface area contributed by atoms with Crippen molar-refractivity contribution in [2.45, 2.75) is 26.3 Å². The number of aryl methyl sites for hydroxylation is 3. The Bertz CT molecular complexity index is 802. The van der Waals surface area contributed by atoms with E-state index in [0.29, 0.717) is 11.4 Å². The van der Waals surface area contributed by atoms with E-state index < -0.39 is 0 Å². The van der Waals surface area contributed by atoms with Gasteiger partial charge in [0.1, 0.15) is 4.88 Å². The topological polar surface area (TPSA) is 67.8 Å². The van der Waals surface area contributed by atoms with Crippen LogP contribution in [-0.4, -0.2) is 20.9 Å². The van der Waals surface area contributed by atoms with Crippen LogP contribution in [0.25, 0.3) is 0 Å². The molecule has 6 heteroatoms. The van der Waals surface area contributed by atoms with Gasteiger partial charge < -0.3 is 5.32 Å². The largest absolute Gasteiger partial charge is 0.347 e. The van der Waals surface area contributed by atoms with E-state index in [9.17, 15) is 4.79 Å². The van der Waals surface area contributed by atoms with Gasteiger partial charge >= 0.3 is 0 Å².